The number of carbonyl (C=O) groups is 1. The van der Waals surface area contributed by atoms with Crippen LogP contribution in [0.5, 0.6) is 5.75 Å². The zero-order chi connectivity index (χ0) is 19.8. The highest BCUT2D eigenvalue weighted by molar-refractivity contribution is 7.09. The minimum atomic E-state index is -0.552. The average molecular weight is 408 g/mol. The van der Waals surface area contributed by atoms with Gasteiger partial charge in [0.2, 0.25) is 0 Å². The zero-order valence-electron chi connectivity index (χ0n) is 15.6. The Morgan fingerprint density at radius 2 is 1.93 bits per heavy atom. The Morgan fingerprint density at radius 3 is 2.61 bits per heavy atom. The van der Waals surface area contributed by atoms with Crippen LogP contribution in [0.3, 0.4) is 0 Å². The standard InChI is InChI=1S/C20H25FN2O4S/c21-16-3-5-18(6-4-16)27-15-20(25)23-9-7-22(8-10-23)12-17(24)13-26-14-19-2-1-11-28-19/h1-6,11,17,24H,7-10,12-15H2. The van der Waals surface area contributed by atoms with E-state index in [2.05, 4.69) is 4.90 Å². The number of benzene rings is 1. The largest absolute Gasteiger partial charge is 0.484 e. The molecule has 28 heavy (non-hydrogen) atoms. The number of hydrogen-bond acceptors (Lipinski definition) is 6. The number of carbonyl (C=O) groups excluding carboxylic acids is 1. The number of halogens is 1. The summed E-state index contributed by atoms with van der Waals surface area (Å²) in [5, 5.41) is 12.1. The van der Waals surface area contributed by atoms with E-state index in [4.69, 9.17) is 9.47 Å². The van der Waals surface area contributed by atoms with Crippen LogP contribution >= 0.6 is 11.3 Å². The van der Waals surface area contributed by atoms with Crippen molar-refractivity contribution in [2.24, 2.45) is 0 Å². The molecule has 8 heteroatoms. The fourth-order valence-electron chi connectivity index (χ4n) is 2.99. The predicted octanol–water partition coefficient (Wildman–Crippen LogP) is 1.99. The van der Waals surface area contributed by atoms with E-state index in [-0.39, 0.29) is 18.3 Å². The Labute approximate surface area is 168 Å². The normalized spacial score (nSPS) is 16.1. The molecule has 1 aromatic heterocycles. The van der Waals surface area contributed by atoms with Gasteiger partial charge in [-0.2, -0.15) is 0 Å². The fraction of sp³-hybridized carbons (Fsp3) is 0.450. The third kappa shape index (κ3) is 6.56. The maximum atomic E-state index is 12.9. The molecule has 2 aromatic rings. The molecule has 1 N–H and O–H groups in total. The van der Waals surface area contributed by atoms with E-state index in [1.54, 1.807) is 16.2 Å². The molecule has 1 amide bonds. The van der Waals surface area contributed by atoms with Crippen molar-refractivity contribution in [1.82, 2.24) is 9.80 Å². The van der Waals surface area contributed by atoms with E-state index in [0.717, 1.165) is 4.88 Å². The smallest absolute Gasteiger partial charge is 0.260 e. The van der Waals surface area contributed by atoms with Crippen molar-refractivity contribution >= 4 is 17.2 Å². The minimum Gasteiger partial charge on any atom is -0.484 e. The summed E-state index contributed by atoms with van der Waals surface area (Å²) in [6, 6.07) is 9.59. The van der Waals surface area contributed by atoms with Crippen molar-refractivity contribution in [3.8, 4) is 5.75 Å². The molecule has 1 fully saturated rings. The van der Waals surface area contributed by atoms with Gasteiger partial charge in [-0.15, -0.1) is 11.3 Å². The van der Waals surface area contributed by atoms with Crippen molar-refractivity contribution in [2.45, 2.75) is 12.7 Å². The topological polar surface area (TPSA) is 62.2 Å². The van der Waals surface area contributed by atoms with Gasteiger partial charge in [0, 0.05) is 37.6 Å². The van der Waals surface area contributed by atoms with Crippen LogP contribution in [0.25, 0.3) is 0 Å². The number of ether oxygens (including phenoxy) is 2. The monoisotopic (exact) mass is 408 g/mol. The summed E-state index contributed by atoms with van der Waals surface area (Å²) < 4.78 is 23.8. The van der Waals surface area contributed by atoms with Gasteiger partial charge in [0.05, 0.1) is 19.3 Å². The number of rotatable bonds is 9. The number of β-amino-alcohol motifs (C(OH)–C–C–N with tert-alkyl or cyclic N) is 1. The van der Waals surface area contributed by atoms with Crippen LogP contribution in [0, 0.1) is 5.82 Å². The van der Waals surface area contributed by atoms with Crippen LogP contribution in [0.15, 0.2) is 41.8 Å². The molecule has 0 radical (unpaired) electrons. The van der Waals surface area contributed by atoms with Crippen molar-refractivity contribution in [2.75, 3.05) is 45.9 Å². The van der Waals surface area contributed by atoms with E-state index in [0.29, 0.717) is 51.7 Å². The van der Waals surface area contributed by atoms with Gasteiger partial charge in [0.25, 0.3) is 5.91 Å². The SMILES string of the molecule is O=C(COc1ccc(F)cc1)N1CCN(CC(O)COCc2cccs2)CC1. The van der Waals surface area contributed by atoms with E-state index >= 15 is 0 Å². The summed E-state index contributed by atoms with van der Waals surface area (Å²) in [5.41, 5.74) is 0. The summed E-state index contributed by atoms with van der Waals surface area (Å²) in [4.78, 5) is 17.3. The molecule has 0 spiro atoms. The average Bonchev–Trinajstić information content (AvgIpc) is 3.21. The molecule has 1 aromatic carbocycles. The molecule has 0 aliphatic carbocycles. The third-order valence-electron chi connectivity index (χ3n) is 4.50. The lowest BCUT2D eigenvalue weighted by Crippen LogP contribution is -2.51. The van der Waals surface area contributed by atoms with Gasteiger partial charge in [-0.1, -0.05) is 6.07 Å². The van der Waals surface area contributed by atoms with Crippen molar-refractivity contribution in [3.63, 3.8) is 0 Å². The second-order valence-electron chi connectivity index (χ2n) is 6.67. The van der Waals surface area contributed by atoms with Gasteiger partial charge in [-0.05, 0) is 35.7 Å². The number of aliphatic hydroxyl groups is 1. The Bertz CT molecular complexity index is 718. The van der Waals surface area contributed by atoms with E-state index < -0.39 is 6.10 Å². The molecule has 3 rings (SSSR count). The highest BCUT2D eigenvalue weighted by atomic mass is 32.1. The minimum absolute atomic E-state index is 0.0647. The molecule has 1 aliphatic heterocycles. The number of aliphatic hydroxyl groups excluding tert-OH is 1. The Hall–Kier alpha value is -2.00. The van der Waals surface area contributed by atoms with E-state index in [9.17, 15) is 14.3 Å². The zero-order valence-corrected chi connectivity index (χ0v) is 16.4. The van der Waals surface area contributed by atoms with Gasteiger partial charge in [-0.3, -0.25) is 9.69 Å². The first-order chi connectivity index (χ1) is 13.6. The number of hydrogen-bond donors (Lipinski definition) is 1. The summed E-state index contributed by atoms with van der Waals surface area (Å²) in [7, 11) is 0. The maximum Gasteiger partial charge on any atom is 0.260 e. The molecule has 1 unspecified atom stereocenters. The molecule has 1 atom stereocenters. The maximum absolute atomic E-state index is 12.9. The van der Waals surface area contributed by atoms with Crippen LogP contribution in [-0.2, 0) is 16.1 Å². The number of piperazine rings is 1. The molecule has 1 aliphatic rings. The lowest BCUT2D eigenvalue weighted by molar-refractivity contribution is -0.135. The lowest BCUT2D eigenvalue weighted by atomic mass is 10.2. The first kappa shape index (κ1) is 20.7. The predicted molar refractivity (Wildman–Crippen MR) is 105 cm³/mol. The fourth-order valence-corrected chi connectivity index (χ4v) is 3.63. The second-order valence-corrected chi connectivity index (χ2v) is 7.70. The van der Waals surface area contributed by atoms with Crippen LogP contribution in [-0.4, -0.2) is 72.9 Å². The lowest BCUT2D eigenvalue weighted by Gasteiger charge is -2.35. The first-order valence-corrected chi connectivity index (χ1v) is 10.1. The molecule has 1 saturated heterocycles. The van der Waals surface area contributed by atoms with Gasteiger partial charge in [0.1, 0.15) is 11.6 Å². The molecule has 152 valence electrons. The Kier molecular flexibility index (Phi) is 7.79. The highest BCUT2D eigenvalue weighted by Gasteiger charge is 2.22. The summed E-state index contributed by atoms with van der Waals surface area (Å²) in [5.74, 6) is 0.0387. The quantitative estimate of drug-likeness (QED) is 0.688. The van der Waals surface area contributed by atoms with E-state index in [1.165, 1.54) is 24.3 Å². The van der Waals surface area contributed by atoms with Gasteiger partial charge in [-0.25, -0.2) is 4.39 Å². The molecule has 0 saturated carbocycles. The Balaban J connectivity index is 1.31. The van der Waals surface area contributed by atoms with E-state index in [1.807, 2.05) is 17.5 Å². The number of amides is 1. The Morgan fingerprint density at radius 1 is 1.18 bits per heavy atom. The van der Waals surface area contributed by atoms with Crippen molar-refractivity contribution in [3.05, 3.63) is 52.5 Å². The van der Waals surface area contributed by atoms with Crippen LogP contribution in [0.2, 0.25) is 0 Å². The summed E-state index contributed by atoms with van der Waals surface area (Å²) in [6.45, 7) is 3.86. The summed E-state index contributed by atoms with van der Waals surface area (Å²) >= 11 is 1.63. The molecular formula is C20H25FN2O4S. The van der Waals surface area contributed by atoms with Gasteiger partial charge < -0.3 is 19.5 Å². The van der Waals surface area contributed by atoms with Crippen LogP contribution in [0.4, 0.5) is 4.39 Å². The number of thiophene rings is 1. The van der Waals surface area contributed by atoms with Crippen molar-refractivity contribution < 1.29 is 23.8 Å². The van der Waals surface area contributed by atoms with Gasteiger partial charge in [0.15, 0.2) is 6.61 Å². The second kappa shape index (κ2) is 10.5. The molecule has 2 heterocycles. The van der Waals surface area contributed by atoms with Crippen LogP contribution in [0.1, 0.15) is 4.88 Å². The van der Waals surface area contributed by atoms with Gasteiger partial charge >= 0.3 is 0 Å². The third-order valence-corrected chi connectivity index (χ3v) is 5.35. The molecule has 6 nitrogen and oxygen atoms in total. The molecular weight excluding hydrogens is 383 g/mol. The number of nitrogens with zero attached hydrogens (tertiary/aromatic N) is 2. The summed E-state index contributed by atoms with van der Waals surface area (Å²) in [6.07, 6.45) is -0.552. The molecule has 0 bridgehead atoms. The first-order valence-electron chi connectivity index (χ1n) is 9.27. The highest BCUT2D eigenvalue weighted by Crippen LogP contribution is 2.12. The van der Waals surface area contributed by atoms with Crippen molar-refractivity contribution in [1.29, 1.82) is 0 Å². The van der Waals surface area contributed by atoms with Crippen LogP contribution < -0.4 is 4.74 Å².